The normalized spacial score (nSPS) is 13.8. The van der Waals surface area contributed by atoms with Crippen LogP contribution in [-0.4, -0.2) is 18.9 Å². The number of imide groups is 1. The van der Waals surface area contributed by atoms with Crippen molar-refractivity contribution >= 4 is 40.4 Å². The molecule has 0 saturated carbocycles. The van der Waals surface area contributed by atoms with Crippen LogP contribution >= 0.6 is 11.6 Å². The van der Waals surface area contributed by atoms with Crippen LogP contribution in [0, 0.1) is 0 Å². The van der Waals surface area contributed by atoms with E-state index in [1.807, 2.05) is 30.3 Å². The van der Waals surface area contributed by atoms with Crippen LogP contribution in [0.3, 0.4) is 0 Å². The molecule has 0 atom stereocenters. The standard InChI is InChI=1S/C26H23ClN2O3/c1-16(2)17-11-13-19(14-12-17)28-24-23(21-9-4-5-10-22(21)32-3)25(30)29(26(24)31)20-8-6-7-18(27)15-20/h4-16,28H,1-3H3. The number of hydrogen-bond acceptors (Lipinski definition) is 4. The topological polar surface area (TPSA) is 58.6 Å². The smallest absolute Gasteiger partial charge is 0.282 e. The molecule has 0 aromatic heterocycles. The minimum Gasteiger partial charge on any atom is -0.496 e. The largest absolute Gasteiger partial charge is 0.496 e. The number of anilines is 2. The molecule has 0 aliphatic carbocycles. The minimum absolute atomic E-state index is 0.191. The fourth-order valence-corrected chi connectivity index (χ4v) is 3.88. The van der Waals surface area contributed by atoms with E-state index in [-0.39, 0.29) is 11.3 Å². The third kappa shape index (κ3) is 3.99. The van der Waals surface area contributed by atoms with Crippen molar-refractivity contribution in [1.29, 1.82) is 0 Å². The number of carbonyl (C=O) groups excluding carboxylic acids is 2. The monoisotopic (exact) mass is 446 g/mol. The average Bonchev–Trinajstić information content (AvgIpc) is 3.03. The van der Waals surface area contributed by atoms with Crippen LogP contribution < -0.4 is 15.0 Å². The van der Waals surface area contributed by atoms with Crippen molar-refractivity contribution < 1.29 is 14.3 Å². The number of carbonyl (C=O) groups is 2. The van der Waals surface area contributed by atoms with Gasteiger partial charge in [-0.3, -0.25) is 9.59 Å². The maximum atomic E-state index is 13.5. The van der Waals surface area contributed by atoms with Crippen LogP contribution in [0.4, 0.5) is 11.4 Å². The van der Waals surface area contributed by atoms with Crippen LogP contribution in [0.25, 0.3) is 5.57 Å². The SMILES string of the molecule is COc1ccccc1C1=C(Nc2ccc(C(C)C)cc2)C(=O)N(c2cccc(Cl)c2)C1=O. The van der Waals surface area contributed by atoms with Gasteiger partial charge in [-0.2, -0.15) is 0 Å². The third-order valence-corrected chi connectivity index (χ3v) is 5.61. The van der Waals surface area contributed by atoms with E-state index in [0.717, 1.165) is 4.90 Å². The zero-order valence-electron chi connectivity index (χ0n) is 18.1. The second kappa shape index (κ2) is 8.89. The van der Waals surface area contributed by atoms with Gasteiger partial charge in [0, 0.05) is 16.3 Å². The third-order valence-electron chi connectivity index (χ3n) is 5.37. The van der Waals surface area contributed by atoms with Gasteiger partial charge in [-0.15, -0.1) is 0 Å². The highest BCUT2D eigenvalue weighted by Crippen LogP contribution is 2.37. The summed E-state index contributed by atoms with van der Waals surface area (Å²) in [5.41, 5.74) is 3.29. The summed E-state index contributed by atoms with van der Waals surface area (Å²) < 4.78 is 5.48. The van der Waals surface area contributed by atoms with Gasteiger partial charge in [-0.05, 0) is 47.9 Å². The highest BCUT2D eigenvalue weighted by molar-refractivity contribution is 6.46. The van der Waals surface area contributed by atoms with E-state index in [9.17, 15) is 9.59 Å². The predicted molar refractivity (Wildman–Crippen MR) is 128 cm³/mol. The molecule has 1 N–H and O–H groups in total. The summed E-state index contributed by atoms with van der Waals surface area (Å²) in [7, 11) is 1.53. The number of rotatable bonds is 6. The van der Waals surface area contributed by atoms with E-state index < -0.39 is 11.8 Å². The molecule has 1 aliphatic rings. The molecule has 3 aromatic rings. The molecule has 0 unspecified atom stereocenters. The molecule has 32 heavy (non-hydrogen) atoms. The van der Waals surface area contributed by atoms with Crippen molar-refractivity contribution in [2.24, 2.45) is 0 Å². The molecule has 0 bridgehead atoms. The molecular weight excluding hydrogens is 424 g/mol. The number of nitrogens with one attached hydrogen (secondary N) is 1. The van der Waals surface area contributed by atoms with Gasteiger partial charge in [-0.1, -0.05) is 61.8 Å². The Morgan fingerprint density at radius 2 is 1.62 bits per heavy atom. The second-order valence-electron chi connectivity index (χ2n) is 7.78. The lowest BCUT2D eigenvalue weighted by atomic mass is 10.0. The second-order valence-corrected chi connectivity index (χ2v) is 8.21. The fourth-order valence-electron chi connectivity index (χ4n) is 3.69. The van der Waals surface area contributed by atoms with Crippen LogP contribution in [0.15, 0.2) is 78.5 Å². The number of benzene rings is 3. The number of methoxy groups -OCH3 is 1. The van der Waals surface area contributed by atoms with E-state index in [0.29, 0.717) is 33.6 Å². The number of hydrogen-bond donors (Lipinski definition) is 1. The van der Waals surface area contributed by atoms with Crippen LogP contribution in [-0.2, 0) is 9.59 Å². The van der Waals surface area contributed by atoms with E-state index >= 15 is 0 Å². The summed E-state index contributed by atoms with van der Waals surface area (Å²) in [6, 6.07) is 21.6. The molecule has 1 heterocycles. The molecule has 0 saturated heterocycles. The first-order valence-electron chi connectivity index (χ1n) is 10.3. The fraction of sp³-hybridized carbons (Fsp3) is 0.154. The van der Waals surface area contributed by atoms with Gasteiger partial charge in [0.15, 0.2) is 0 Å². The molecule has 1 aliphatic heterocycles. The molecule has 0 radical (unpaired) electrons. The Labute approximate surface area is 192 Å². The molecule has 2 amide bonds. The van der Waals surface area contributed by atoms with E-state index in [1.165, 1.54) is 12.7 Å². The van der Waals surface area contributed by atoms with E-state index in [1.54, 1.807) is 42.5 Å². The highest BCUT2D eigenvalue weighted by Gasteiger charge is 2.41. The Balaban J connectivity index is 1.82. The van der Waals surface area contributed by atoms with Gasteiger partial charge in [-0.25, -0.2) is 4.90 Å². The van der Waals surface area contributed by atoms with Gasteiger partial charge in [0.25, 0.3) is 11.8 Å². The summed E-state index contributed by atoms with van der Waals surface area (Å²) in [6.07, 6.45) is 0. The lowest BCUT2D eigenvalue weighted by molar-refractivity contribution is -0.120. The number of halogens is 1. The predicted octanol–water partition coefficient (Wildman–Crippen LogP) is 5.87. The minimum atomic E-state index is -0.453. The highest BCUT2D eigenvalue weighted by atomic mass is 35.5. The lowest BCUT2D eigenvalue weighted by Gasteiger charge is -2.16. The number of ether oxygens (including phenoxy) is 1. The molecule has 0 fully saturated rings. The van der Waals surface area contributed by atoms with Crippen molar-refractivity contribution in [3.8, 4) is 5.75 Å². The van der Waals surface area contributed by atoms with Crippen molar-refractivity contribution in [2.45, 2.75) is 19.8 Å². The average molecular weight is 447 g/mol. The first-order valence-corrected chi connectivity index (χ1v) is 10.7. The van der Waals surface area contributed by atoms with Gasteiger partial charge < -0.3 is 10.1 Å². The van der Waals surface area contributed by atoms with Gasteiger partial charge in [0.2, 0.25) is 0 Å². The summed E-state index contributed by atoms with van der Waals surface area (Å²) in [5.74, 6) is 0.000596. The summed E-state index contributed by atoms with van der Waals surface area (Å²) in [4.78, 5) is 28.2. The maximum absolute atomic E-state index is 13.5. The molecule has 6 heteroatoms. The van der Waals surface area contributed by atoms with Crippen LogP contribution in [0.5, 0.6) is 5.75 Å². The molecular formula is C26H23ClN2O3. The molecule has 162 valence electrons. The molecule has 3 aromatic carbocycles. The Kier molecular flexibility index (Phi) is 6.01. The lowest BCUT2D eigenvalue weighted by Crippen LogP contribution is -2.32. The van der Waals surface area contributed by atoms with Crippen molar-refractivity contribution in [3.63, 3.8) is 0 Å². The van der Waals surface area contributed by atoms with Gasteiger partial charge in [0.05, 0.1) is 18.4 Å². The Bertz CT molecular complexity index is 1220. The maximum Gasteiger partial charge on any atom is 0.282 e. The molecule has 5 nitrogen and oxygen atoms in total. The van der Waals surface area contributed by atoms with Gasteiger partial charge in [0.1, 0.15) is 11.4 Å². The molecule has 0 spiro atoms. The first-order chi connectivity index (χ1) is 15.4. The van der Waals surface area contributed by atoms with Crippen molar-refractivity contribution in [3.05, 3.63) is 94.6 Å². The quantitative estimate of drug-likeness (QED) is 0.481. The summed E-state index contributed by atoms with van der Waals surface area (Å²) in [5, 5.41) is 3.62. The van der Waals surface area contributed by atoms with E-state index in [4.69, 9.17) is 16.3 Å². The zero-order valence-corrected chi connectivity index (χ0v) is 18.8. The van der Waals surface area contributed by atoms with Crippen LogP contribution in [0.2, 0.25) is 5.02 Å². The van der Waals surface area contributed by atoms with Crippen LogP contribution in [0.1, 0.15) is 30.9 Å². The van der Waals surface area contributed by atoms with Crippen molar-refractivity contribution in [2.75, 3.05) is 17.3 Å². The summed E-state index contributed by atoms with van der Waals surface area (Å²) >= 11 is 6.13. The molecule has 4 rings (SSSR count). The van der Waals surface area contributed by atoms with Gasteiger partial charge >= 0.3 is 0 Å². The Morgan fingerprint density at radius 3 is 2.28 bits per heavy atom. The van der Waals surface area contributed by atoms with E-state index in [2.05, 4.69) is 19.2 Å². The first kappa shape index (κ1) is 21.7. The summed E-state index contributed by atoms with van der Waals surface area (Å²) in [6.45, 7) is 4.24. The Hall–Kier alpha value is -3.57. The number of nitrogens with zero attached hydrogens (tertiary/aromatic N) is 1. The number of amides is 2. The zero-order chi connectivity index (χ0) is 22.8. The van der Waals surface area contributed by atoms with Crippen molar-refractivity contribution in [1.82, 2.24) is 0 Å². The number of para-hydroxylation sites is 1. The Morgan fingerprint density at radius 1 is 0.906 bits per heavy atom.